The molecule has 5 heterocycles. The Labute approximate surface area is 229 Å². The van der Waals surface area contributed by atoms with Crippen LogP contribution in [0.4, 0.5) is 5.82 Å². The minimum Gasteiger partial charge on any atom is -0.372 e. The van der Waals surface area contributed by atoms with Crippen molar-refractivity contribution in [1.82, 2.24) is 24.6 Å². The quantitative estimate of drug-likeness (QED) is 0.475. The van der Waals surface area contributed by atoms with Crippen LogP contribution >= 0.6 is 0 Å². The Morgan fingerprint density at radius 1 is 1.05 bits per heavy atom. The van der Waals surface area contributed by atoms with E-state index in [1.165, 1.54) is 10.6 Å². The number of ether oxygens (including phenoxy) is 1. The van der Waals surface area contributed by atoms with Crippen LogP contribution in [0.1, 0.15) is 32.4 Å². The Balaban J connectivity index is 1.23. The molecule has 0 radical (unpaired) electrons. The molecule has 0 aliphatic carbocycles. The van der Waals surface area contributed by atoms with Gasteiger partial charge in [0.1, 0.15) is 5.82 Å². The summed E-state index contributed by atoms with van der Waals surface area (Å²) in [4.78, 5) is 29.1. The van der Waals surface area contributed by atoms with Gasteiger partial charge in [0, 0.05) is 44.3 Å². The van der Waals surface area contributed by atoms with Gasteiger partial charge >= 0.3 is 0 Å². The van der Waals surface area contributed by atoms with Crippen molar-refractivity contribution in [1.29, 1.82) is 0 Å². The Kier molecular flexibility index (Phi) is 8.11. The Morgan fingerprint density at radius 3 is 2.49 bits per heavy atom. The van der Waals surface area contributed by atoms with Crippen LogP contribution in [0.5, 0.6) is 0 Å². The van der Waals surface area contributed by atoms with Gasteiger partial charge in [-0.2, -0.15) is 0 Å². The summed E-state index contributed by atoms with van der Waals surface area (Å²) in [6.45, 7) is 7.28. The van der Waals surface area contributed by atoms with Gasteiger partial charge in [-0.15, -0.1) is 0 Å². The standard InChI is InChI=1S/C28H36N6O4S/c1-19-17-33(18-20(2)38-19)27-6-4-5-24(32-27)25-8-7-22-16-29-23(13-26(22)31-25)14-28(35)30-15-21-9-11-34(12-10-21)39(3,36)37/h4-8,13,16,19-21H,9-12,14-15,17-18H2,1-3H3,(H,30,35)/t19-,20+. The number of morpholine rings is 1. The largest absolute Gasteiger partial charge is 0.372 e. The van der Waals surface area contributed by atoms with Crippen LogP contribution < -0.4 is 10.2 Å². The van der Waals surface area contributed by atoms with E-state index in [0.717, 1.165) is 54.0 Å². The Hall–Kier alpha value is -3.15. The predicted octanol–water partition coefficient (Wildman–Crippen LogP) is 2.64. The summed E-state index contributed by atoms with van der Waals surface area (Å²) in [6, 6.07) is 11.8. The summed E-state index contributed by atoms with van der Waals surface area (Å²) in [7, 11) is -3.15. The van der Waals surface area contributed by atoms with Gasteiger partial charge in [-0.1, -0.05) is 6.07 Å². The van der Waals surface area contributed by atoms with E-state index in [1.807, 2.05) is 36.4 Å². The molecular formula is C28H36N6O4S. The zero-order chi connectivity index (χ0) is 27.6. The van der Waals surface area contributed by atoms with Gasteiger partial charge in [0.25, 0.3) is 0 Å². The van der Waals surface area contributed by atoms with E-state index < -0.39 is 10.0 Å². The molecule has 11 heteroatoms. The maximum absolute atomic E-state index is 12.6. The van der Waals surface area contributed by atoms with Gasteiger partial charge in [-0.05, 0) is 62.9 Å². The first-order valence-corrected chi connectivity index (χ1v) is 15.3. The first-order valence-electron chi connectivity index (χ1n) is 13.5. The zero-order valence-corrected chi connectivity index (χ0v) is 23.5. The van der Waals surface area contributed by atoms with E-state index in [1.54, 1.807) is 6.20 Å². The molecular weight excluding hydrogens is 516 g/mol. The van der Waals surface area contributed by atoms with Crippen LogP contribution in [-0.4, -0.2) is 84.8 Å². The molecule has 0 spiro atoms. The first-order chi connectivity index (χ1) is 18.6. The van der Waals surface area contributed by atoms with Gasteiger partial charge < -0.3 is 15.0 Å². The maximum atomic E-state index is 12.6. The number of piperidine rings is 1. The second kappa shape index (κ2) is 11.5. The van der Waals surface area contributed by atoms with Crippen LogP contribution in [0, 0.1) is 5.92 Å². The van der Waals surface area contributed by atoms with Gasteiger partial charge in [0.2, 0.25) is 15.9 Å². The monoisotopic (exact) mass is 552 g/mol. The van der Waals surface area contributed by atoms with Crippen molar-refractivity contribution in [3.05, 3.63) is 48.3 Å². The van der Waals surface area contributed by atoms with Crippen LogP contribution in [-0.2, 0) is 26.0 Å². The number of carbonyl (C=O) groups is 1. The van der Waals surface area contributed by atoms with Crippen molar-refractivity contribution < 1.29 is 17.9 Å². The fourth-order valence-electron chi connectivity index (χ4n) is 5.33. The van der Waals surface area contributed by atoms with Crippen LogP contribution in [0.15, 0.2) is 42.6 Å². The lowest BCUT2D eigenvalue weighted by Gasteiger charge is -2.36. The minimum absolute atomic E-state index is 0.105. The highest BCUT2D eigenvalue weighted by atomic mass is 32.2. The van der Waals surface area contributed by atoms with Crippen molar-refractivity contribution in [3.63, 3.8) is 0 Å². The molecule has 0 saturated carbocycles. The number of nitrogens with zero attached hydrogens (tertiary/aromatic N) is 5. The number of anilines is 1. The van der Waals surface area contributed by atoms with Gasteiger partial charge in [-0.3, -0.25) is 9.78 Å². The third-order valence-corrected chi connectivity index (χ3v) is 8.65. The smallest absolute Gasteiger partial charge is 0.226 e. The fourth-order valence-corrected chi connectivity index (χ4v) is 6.21. The molecule has 3 aromatic heterocycles. The van der Waals surface area contributed by atoms with Gasteiger partial charge in [0.05, 0.1) is 47.5 Å². The highest BCUT2D eigenvalue weighted by Crippen LogP contribution is 2.24. The van der Waals surface area contributed by atoms with Gasteiger partial charge in [0.15, 0.2) is 0 Å². The van der Waals surface area contributed by atoms with Crippen LogP contribution in [0.3, 0.4) is 0 Å². The molecule has 3 aromatic rings. The molecule has 208 valence electrons. The van der Waals surface area contributed by atoms with Gasteiger partial charge in [-0.25, -0.2) is 22.7 Å². The van der Waals surface area contributed by atoms with E-state index in [4.69, 9.17) is 14.7 Å². The minimum atomic E-state index is -3.15. The molecule has 2 aliphatic rings. The molecule has 2 saturated heterocycles. The predicted molar refractivity (Wildman–Crippen MR) is 151 cm³/mol. The van der Waals surface area contributed by atoms with E-state index in [9.17, 15) is 13.2 Å². The Bertz CT molecular complexity index is 1430. The number of hydrogen-bond donors (Lipinski definition) is 1. The molecule has 0 bridgehead atoms. The maximum Gasteiger partial charge on any atom is 0.226 e. The van der Waals surface area contributed by atoms with Crippen molar-refractivity contribution >= 4 is 32.7 Å². The molecule has 0 aromatic carbocycles. The van der Waals surface area contributed by atoms with Crippen molar-refractivity contribution in [2.75, 3.05) is 43.9 Å². The molecule has 1 amide bonds. The number of pyridine rings is 3. The third-order valence-electron chi connectivity index (χ3n) is 7.34. The number of fused-ring (bicyclic) bond motifs is 1. The summed E-state index contributed by atoms with van der Waals surface area (Å²) in [5.74, 6) is 1.07. The summed E-state index contributed by atoms with van der Waals surface area (Å²) in [6.07, 6.45) is 4.92. The van der Waals surface area contributed by atoms with E-state index in [-0.39, 0.29) is 30.5 Å². The summed E-state index contributed by atoms with van der Waals surface area (Å²) >= 11 is 0. The average molecular weight is 553 g/mol. The number of rotatable bonds is 7. The lowest BCUT2D eigenvalue weighted by molar-refractivity contribution is -0.120. The molecule has 2 aliphatic heterocycles. The normalized spacial score (nSPS) is 21.3. The first kappa shape index (κ1) is 27.4. The molecule has 39 heavy (non-hydrogen) atoms. The second-order valence-electron chi connectivity index (χ2n) is 10.7. The Morgan fingerprint density at radius 2 is 1.77 bits per heavy atom. The zero-order valence-electron chi connectivity index (χ0n) is 22.7. The molecule has 1 N–H and O–H groups in total. The van der Waals surface area contributed by atoms with E-state index in [0.29, 0.717) is 25.3 Å². The van der Waals surface area contributed by atoms with E-state index >= 15 is 0 Å². The molecule has 5 rings (SSSR count). The van der Waals surface area contributed by atoms with Crippen LogP contribution in [0.2, 0.25) is 0 Å². The van der Waals surface area contributed by atoms with Crippen molar-refractivity contribution in [3.8, 4) is 11.4 Å². The highest BCUT2D eigenvalue weighted by molar-refractivity contribution is 7.88. The summed E-state index contributed by atoms with van der Waals surface area (Å²) in [5, 5.41) is 3.89. The lowest BCUT2D eigenvalue weighted by atomic mass is 9.98. The molecule has 2 atom stereocenters. The number of hydrogen-bond acceptors (Lipinski definition) is 8. The highest BCUT2D eigenvalue weighted by Gasteiger charge is 2.25. The third kappa shape index (κ3) is 6.90. The number of amides is 1. The molecule has 10 nitrogen and oxygen atoms in total. The van der Waals surface area contributed by atoms with Crippen LogP contribution in [0.25, 0.3) is 22.3 Å². The number of aromatic nitrogens is 3. The fraction of sp³-hybridized carbons (Fsp3) is 0.500. The summed E-state index contributed by atoms with van der Waals surface area (Å²) < 4.78 is 30.8. The SMILES string of the molecule is C[C@@H]1CN(c2cccc(-c3ccc4cnc(CC(=O)NCC5CCN(S(C)(=O)=O)CC5)cc4n3)n2)C[C@H](C)O1. The van der Waals surface area contributed by atoms with E-state index in [2.05, 4.69) is 29.0 Å². The number of nitrogens with one attached hydrogen (secondary N) is 1. The molecule has 0 unspecified atom stereocenters. The van der Waals surface area contributed by atoms with Crippen molar-refractivity contribution in [2.45, 2.75) is 45.3 Å². The summed E-state index contributed by atoms with van der Waals surface area (Å²) in [5.41, 5.74) is 2.97. The molecule has 2 fully saturated rings. The number of carbonyl (C=O) groups excluding carboxylic acids is 1. The average Bonchev–Trinajstić information content (AvgIpc) is 2.91. The lowest BCUT2D eigenvalue weighted by Crippen LogP contribution is -2.45. The van der Waals surface area contributed by atoms with Crippen molar-refractivity contribution in [2.24, 2.45) is 5.92 Å². The number of sulfonamides is 1. The second-order valence-corrected chi connectivity index (χ2v) is 12.7. The topological polar surface area (TPSA) is 118 Å².